The van der Waals surface area contributed by atoms with Crippen LogP contribution in [0, 0.1) is 5.92 Å². The maximum atomic E-state index is 5.29. The molecule has 0 saturated carbocycles. The van der Waals surface area contributed by atoms with Crippen LogP contribution >= 0.6 is 0 Å². The number of aliphatic imine (C=N–C) groups is 1. The van der Waals surface area contributed by atoms with E-state index in [9.17, 15) is 0 Å². The van der Waals surface area contributed by atoms with Crippen LogP contribution in [0.3, 0.4) is 0 Å². The fourth-order valence-corrected chi connectivity index (χ4v) is 2.53. The molecule has 2 aliphatic rings. The average molecular weight is 279 g/mol. The lowest BCUT2D eigenvalue weighted by molar-refractivity contribution is 0.184. The van der Waals surface area contributed by atoms with E-state index in [0.717, 1.165) is 18.0 Å². The zero-order valence-corrected chi connectivity index (χ0v) is 12.8. The minimum absolute atomic E-state index is 0.126. The number of ether oxygens (including phenoxy) is 2. The predicted molar refractivity (Wildman–Crippen MR) is 80.7 cm³/mol. The maximum absolute atomic E-state index is 5.29. The Hall–Kier alpha value is -1.17. The summed E-state index contributed by atoms with van der Waals surface area (Å²) in [6.45, 7) is 6.38. The van der Waals surface area contributed by atoms with Gasteiger partial charge >= 0.3 is 0 Å². The fourth-order valence-electron chi connectivity index (χ4n) is 2.53. The van der Waals surface area contributed by atoms with Crippen LogP contribution in [0.2, 0.25) is 0 Å². The molecular weight excluding hydrogens is 254 g/mol. The standard InChI is InChI=1S/C15H25N3O2/c1-11(2)16-8-12-5-6-18-14(10-20-4)7-13(9-19-3)17-15(12)18/h5-7,11-12,15-16H,8-10H2,1-4H3. The molecule has 0 aliphatic carbocycles. The molecule has 20 heavy (non-hydrogen) atoms. The number of fused-ring (bicyclic) bond motifs is 1. The van der Waals surface area contributed by atoms with Crippen LogP contribution in [0.25, 0.3) is 0 Å². The van der Waals surface area contributed by atoms with Gasteiger partial charge < -0.3 is 19.7 Å². The topological polar surface area (TPSA) is 46.1 Å². The van der Waals surface area contributed by atoms with Crippen LogP contribution in [0.4, 0.5) is 0 Å². The molecule has 2 rings (SSSR count). The molecule has 0 amide bonds. The number of nitrogens with one attached hydrogen (secondary N) is 1. The summed E-state index contributed by atoms with van der Waals surface area (Å²) in [7, 11) is 3.42. The first-order chi connectivity index (χ1) is 9.65. The van der Waals surface area contributed by atoms with Gasteiger partial charge in [0.05, 0.1) is 18.9 Å². The second kappa shape index (κ2) is 7.02. The highest BCUT2D eigenvalue weighted by molar-refractivity contribution is 5.97. The summed E-state index contributed by atoms with van der Waals surface area (Å²) in [4.78, 5) is 7.01. The highest BCUT2D eigenvalue weighted by Gasteiger charge is 2.33. The minimum Gasteiger partial charge on any atom is -0.378 e. The van der Waals surface area contributed by atoms with E-state index in [-0.39, 0.29) is 6.17 Å². The number of hydrogen-bond acceptors (Lipinski definition) is 5. The summed E-state index contributed by atoms with van der Waals surface area (Å²) in [6.07, 6.45) is 6.53. The van der Waals surface area contributed by atoms with Crippen molar-refractivity contribution in [2.75, 3.05) is 34.0 Å². The monoisotopic (exact) mass is 279 g/mol. The van der Waals surface area contributed by atoms with E-state index in [1.165, 1.54) is 0 Å². The van der Waals surface area contributed by atoms with Crippen molar-refractivity contribution in [3.8, 4) is 0 Å². The van der Waals surface area contributed by atoms with E-state index in [1.54, 1.807) is 14.2 Å². The third-order valence-corrected chi connectivity index (χ3v) is 3.47. The molecule has 2 heterocycles. The Morgan fingerprint density at radius 3 is 2.70 bits per heavy atom. The van der Waals surface area contributed by atoms with Crippen molar-refractivity contribution >= 4 is 5.71 Å². The zero-order valence-electron chi connectivity index (χ0n) is 12.8. The second-order valence-electron chi connectivity index (χ2n) is 5.51. The maximum Gasteiger partial charge on any atom is 0.132 e. The van der Waals surface area contributed by atoms with Gasteiger partial charge in [-0.25, -0.2) is 0 Å². The van der Waals surface area contributed by atoms with Crippen molar-refractivity contribution < 1.29 is 9.47 Å². The predicted octanol–water partition coefficient (Wildman–Crippen LogP) is 1.39. The van der Waals surface area contributed by atoms with Gasteiger partial charge in [0.1, 0.15) is 6.17 Å². The van der Waals surface area contributed by atoms with Crippen LogP contribution in [-0.4, -0.2) is 56.8 Å². The van der Waals surface area contributed by atoms with E-state index in [0.29, 0.717) is 25.2 Å². The molecule has 0 bridgehead atoms. The first-order valence-electron chi connectivity index (χ1n) is 7.11. The molecule has 0 aromatic rings. The number of rotatable bonds is 7. The van der Waals surface area contributed by atoms with E-state index in [2.05, 4.69) is 42.4 Å². The van der Waals surface area contributed by atoms with Crippen LogP contribution in [0.5, 0.6) is 0 Å². The number of methoxy groups -OCH3 is 2. The molecule has 2 aliphatic heterocycles. The van der Waals surface area contributed by atoms with Crippen molar-refractivity contribution in [2.45, 2.75) is 26.1 Å². The average Bonchev–Trinajstić information content (AvgIpc) is 2.80. The number of hydrogen-bond donors (Lipinski definition) is 1. The lowest BCUT2D eigenvalue weighted by Gasteiger charge is -2.32. The molecule has 0 aromatic heterocycles. The summed E-state index contributed by atoms with van der Waals surface area (Å²) in [5.41, 5.74) is 2.13. The van der Waals surface area contributed by atoms with Crippen molar-refractivity contribution in [1.82, 2.24) is 10.2 Å². The largest absolute Gasteiger partial charge is 0.378 e. The van der Waals surface area contributed by atoms with Gasteiger partial charge in [0.2, 0.25) is 0 Å². The molecule has 5 nitrogen and oxygen atoms in total. The van der Waals surface area contributed by atoms with Gasteiger partial charge in [-0.05, 0) is 6.08 Å². The van der Waals surface area contributed by atoms with Gasteiger partial charge in [-0.3, -0.25) is 4.99 Å². The zero-order chi connectivity index (χ0) is 14.5. The normalized spacial score (nSPS) is 24.9. The lowest BCUT2D eigenvalue weighted by Crippen LogP contribution is -2.40. The third-order valence-electron chi connectivity index (χ3n) is 3.47. The molecular formula is C15H25N3O2. The molecule has 1 N–H and O–H groups in total. The van der Waals surface area contributed by atoms with Gasteiger partial charge in [-0.1, -0.05) is 19.9 Å². The van der Waals surface area contributed by atoms with Crippen LogP contribution in [-0.2, 0) is 9.47 Å². The molecule has 0 radical (unpaired) electrons. The van der Waals surface area contributed by atoms with E-state index < -0.39 is 0 Å². The van der Waals surface area contributed by atoms with Gasteiger partial charge in [-0.15, -0.1) is 0 Å². The molecule has 112 valence electrons. The quantitative estimate of drug-likeness (QED) is 0.765. The summed E-state index contributed by atoms with van der Waals surface area (Å²) in [5, 5.41) is 3.48. The van der Waals surface area contributed by atoms with E-state index in [1.807, 2.05) is 0 Å². The Kier molecular flexibility index (Phi) is 5.34. The molecule has 0 spiro atoms. The molecule has 2 atom stereocenters. The summed E-state index contributed by atoms with van der Waals surface area (Å²) in [6, 6.07) is 0.484. The Labute approximate surface area is 121 Å². The SMILES string of the molecule is COCC1=CC(COC)=NC2C(CNC(C)C)C=CN12. The first kappa shape index (κ1) is 15.2. The molecule has 0 fully saturated rings. The molecule has 0 saturated heterocycles. The Balaban J connectivity index is 2.11. The van der Waals surface area contributed by atoms with Gasteiger partial charge in [0.15, 0.2) is 0 Å². The van der Waals surface area contributed by atoms with Crippen molar-refractivity contribution in [3.63, 3.8) is 0 Å². The Morgan fingerprint density at radius 2 is 2.05 bits per heavy atom. The second-order valence-corrected chi connectivity index (χ2v) is 5.51. The summed E-state index contributed by atoms with van der Waals surface area (Å²) >= 11 is 0. The summed E-state index contributed by atoms with van der Waals surface area (Å²) in [5.74, 6) is 0.379. The highest BCUT2D eigenvalue weighted by atomic mass is 16.5. The van der Waals surface area contributed by atoms with Crippen LogP contribution in [0.1, 0.15) is 13.8 Å². The lowest BCUT2D eigenvalue weighted by atomic mass is 10.1. The van der Waals surface area contributed by atoms with Gasteiger partial charge in [0.25, 0.3) is 0 Å². The molecule has 5 heteroatoms. The van der Waals surface area contributed by atoms with Crippen molar-refractivity contribution in [2.24, 2.45) is 10.9 Å². The Bertz CT molecular complexity index is 415. The smallest absolute Gasteiger partial charge is 0.132 e. The molecule has 2 unspecified atom stereocenters. The van der Waals surface area contributed by atoms with Crippen molar-refractivity contribution in [1.29, 1.82) is 0 Å². The fraction of sp³-hybridized carbons (Fsp3) is 0.667. The van der Waals surface area contributed by atoms with E-state index in [4.69, 9.17) is 14.5 Å². The van der Waals surface area contributed by atoms with E-state index >= 15 is 0 Å². The van der Waals surface area contributed by atoms with Crippen LogP contribution < -0.4 is 5.32 Å². The van der Waals surface area contributed by atoms with Gasteiger partial charge in [-0.2, -0.15) is 0 Å². The highest BCUT2D eigenvalue weighted by Crippen LogP contribution is 2.29. The molecule has 0 aromatic carbocycles. The first-order valence-corrected chi connectivity index (χ1v) is 7.11. The third kappa shape index (κ3) is 3.48. The van der Waals surface area contributed by atoms with Crippen LogP contribution in [0.15, 0.2) is 29.0 Å². The summed E-state index contributed by atoms with van der Waals surface area (Å²) < 4.78 is 10.5. The Morgan fingerprint density at radius 1 is 1.30 bits per heavy atom. The number of nitrogens with zero attached hydrogens (tertiary/aromatic N) is 2. The van der Waals surface area contributed by atoms with Crippen molar-refractivity contribution in [3.05, 3.63) is 24.0 Å². The van der Waals surface area contributed by atoms with Gasteiger partial charge in [0, 0.05) is 44.6 Å². The minimum atomic E-state index is 0.126.